The van der Waals surface area contributed by atoms with Crippen LogP contribution in [0.3, 0.4) is 0 Å². The van der Waals surface area contributed by atoms with Crippen LogP contribution in [-0.2, 0) is 0 Å². The van der Waals surface area contributed by atoms with E-state index in [1.807, 2.05) is 6.07 Å². The zero-order valence-corrected chi connectivity index (χ0v) is 16.9. The van der Waals surface area contributed by atoms with Gasteiger partial charge in [-0.15, -0.1) is 0 Å². The standard InChI is InChI=1S/C21H24ClN5O/c1-13(2)17-12-27(8-7-24-17)21-15(11-23)9-18(20(26-21)14-3-4-14)28-16-5-6-25-19(22)10-16/h5-6,9-10,13-14,17,24H,3-4,7-8,12H2,1-2H3/t17-/m0/s1. The van der Waals surface area contributed by atoms with E-state index in [0.717, 1.165) is 44.0 Å². The third-order valence-corrected chi connectivity index (χ3v) is 5.52. The number of aromatic nitrogens is 2. The summed E-state index contributed by atoms with van der Waals surface area (Å²) in [6.07, 6.45) is 3.80. The van der Waals surface area contributed by atoms with Gasteiger partial charge < -0.3 is 15.0 Å². The maximum absolute atomic E-state index is 9.78. The lowest BCUT2D eigenvalue weighted by molar-refractivity contribution is 0.367. The van der Waals surface area contributed by atoms with Gasteiger partial charge in [0.25, 0.3) is 0 Å². The van der Waals surface area contributed by atoms with Crippen LogP contribution in [0.25, 0.3) is 0 Å². The van der Waals surface area contributed by atoms with E-state index in [1.54, 1.807) is 18.3 Å². The van der Waals surface area contributed by atoms with Gasteiger partial charge in [-0.2, -0.15) is 5.26 Å². The van der Waals surface area contributed by atoms with E-state index in [1.165, 1.54) is 0 Å². The highest BCUT2D eigenvalue weighted by molar-refractivity contribution is 6.29. The Morgan fingerprint density at radius 1 is 1.36 bits per heavy atom. The molecule has 28 heavy (non-hydrogen) atoms. The number of ether oxygens (including phenoxy) is 1. The predicted molar refractivity (Wildman–Crippen MR) is 109 cm³/mol. The van der Waals surface area contributed by atoms with Crippen molar-refractivity contribution < 1.29 is 4.74 Å². The lowest BCUT2D eigenvalue weighted by Crippen LogP contribution is -2.53. The largest absolute Gasteiger partial charge is 0.455 e. The Bertz CT molecular complexity index is 906. The van der Waals surface area contributed by atoms with Crippen molar-refractivity contribution in [1.82, 2.24) is 15.3 Å². The van der Waals surface area contributed by atoms with Gasteiger partial charge in [0.1, 0.15) is 22.8 Å². The Morgan fingerprint density at radius 3 is 2.86 bits per heavy atom. The molecule has 2 aromatic rings. The molecule has 1 aliphatic carbocycles. The summed E-state index contributed by atoms with van der Waals surface area (Å²) in [5, 5.41) is 13.7. The number of nitrogens with one attached hydrogen (secondary N) is 1. The average Bonchev–Trinajstić information content (AvgIpc) is 3.53. The van der Waals surface area contributed by atoms with E-state index in [-0.39, 0.29) is 0 Å². The van der Waals surface area contributed by atoms with Crippen LogP contribution >= 0.6 is 11.6 Å². The molecule has 1 N–H and O–H groups in total. The quantitative estimate of drug-likeness (QED) is 0.765. The predicted octanol–water partition coefficient (Wildman–Crippen LogP) is 4.11. The highest BCUT2D eigenvalue weighted by Gasteiger charge is 2.32. The Labute approximate surface area is 170 Å². The van der Waals surface area contributed by atoms with Crippen molar-refractivity contribution >= 4 is 17.4 Å². The molecule has 0 aromatic carbocycles. The monoisotopic (exact) mass is 397 g/mol. The lowest BCUT2D eigenvalue weighted by atomic mass is 10.0. The maximum atomic E-state index is 9.78. The molecule has 6 nitrogen and oxygen atoms in total. The molecule has 0 radical (unpaired) electrons. The summed E-state index contributed by atoms with van der Waals surface area (Å²) in [6, 6.07) is 7.96. The number of halogens is 1. The van der Waals surface area contributed by atoms with E-state index in [4.69, 9.17) is 21.3 Å². The molecule has 0 unspecified atom stereocenters. The molecule has 0 amide bonds. The molecule has 146 valence electrons. The second kappa shape index (κ2) is 7.94. The molecule has 2 aliphatic rings. The van der Waals surface area contributed by atoms with Crippen LogP contribution in [0, 0.1) is 17.2 Å². The lowest BCUT2D eigenvalue weighted by Gasteiger charge is -2.37. The van der Waals surface area contributed by atoms with Crippen LogP contribution in [-0.4, -0.2) is 35.6 Å². The normalized spacial score (nSPS) is 19.5. The van der Waals surface area contributed by atoms with Gasteiger partial charge in [0, 0.05) is 49.9 Å². The summed E-state index contributed by atoms with van der Waals surface area (Å²) in [5.41, 5.74) is 1.48. The Balaban J connectivity index is 1.69. The van der Waals surface area contributed by atoms with Crippen LogP contribution in [0.2, 0.25) is 5.15 Å². The van der Waals surface area contributed by atoms with Crippen molar-refractivity contribution in [3.8, 4) is 17.6 Å². The first-order chi connectivity index (χ1) is 13.5. The topological polar surface area (TPSA) is 74.1 Å². The number of nitriles is 1. The van der Waals surface area contributed by atoms with Crippen LogP contribution in [0.1, 0.15) is 43.9 Å². The van der Waals surface area contributed by atoms with Crippen LogP contribution in [0.15, 0.2) is 24.4 Å². The number of hydrogen-bond donors (Lipinski definition) is 1. The number of hydrogen-bond acceptors (Lipinski definition) is 6. The molecule has 0 bridgehead atoms. The van der Waals surface area contributed by atoms with Crippen LogP contribution in [0.4, 0.5) is 5.82 Å². The highest BCUT2D eigenvalue weighted by Crippen LogP contribution is 2.45. The summed E-state index contributed by atoms with van der Waals surface area (Å²) < 4.78 is 6.07. The van der Waals surface area contributed by atoms with Gasteiger partial charge in [0.15, 0.2) is 5.75 Å². The molecule has 1 atom stereocenters. The van der Waals surface area contributed by atoms with Gasteiger partial charge >= 0.3 is 0 Å². The summed E-state index contributed by atoms with van der Waals surface area (Å²) in [4.78, 5) is 11.2. The minimum Gasteiger partial charge on any atom is -0.455 e. The van der Waals surface area contributed by atoms with Gasteiger partial charge in [-0.1, -0.05) is 25.4 Å². The third-order valence-electron chi connectivity index (χ3n) is 5.32. The zero-order chi connectivity index (χ0) is 19.7. The van der Waals surface area contributed by atoms with E-state index < -0.39 is 0 Å². The molecular formula is C21H24ClN5O. The first kappa shape index (κ1) is 19.0. The molecule has 1 saturated heterocycles. The fraction of sp³-hybridized carbons (Fsp3) is 0.476. The van der Waals surface area contributed by atoms with Crippen molar-refractivity contribution in [3.05, 3.63) is 40.8 Å². The number of piperazine rings is 1. The van der Waals surface area contributed by atoms with E-state index in [9.17, 15) is 5.26 Å². The molecule has 4 rings (SSSR count). The minimum atomic E-state index is 0.371. The third kappa shape index (κ3) is 4.06. The zero-order valence-electron chi connectivity index (χ0n) is 16.2. The van der Waals surface area contributed by atoms with Crippen LogP contribution in [0.5, 0.6) is 11.5 Å². The van der Waals surface area contributed by atoms with Gasteiger partial charge in [-0.25, -0.2) is 9.97 Å². The van der Waals surface area contributed by atoms with Gasteiger partial charge in [-0.05, 0) is 24.8 Å². The fourth-order valence-electron chi connectivity index (χ4n) is 3.55. The Kier molecular flexibility index (Phi) is 5.38. The maximum Gasteiger partial charge on any atom is 0.150 e. The second-order valence-corrected chi connectivity index (χ2v) is 8.18. The molecule has 1 aliphatic heterocycles. The Morgan fingerprint density at radius 2 is 2.18 bits per heavy atom. The Hall–Kier alpha value is -2.36. The first-order valence-corrected chi connectivity index (χ1v) is 10.2. The molecule has 2 aromatic heterocycles. The average molecular weight is 398 g/mol. The number of nitrogens with zero attached hydrogens (tertiary/aromatic N) is 4. The summed E-state index contributed by atoms with van der Waals surface area (Å²) >= 11 is 5.98. The molecule has 7 heteroatoms. The number of pyridine rings is 2. The number of rotatable bonds is 5. The van der Waals surface area contributed by atoms with Gasteiger partial charge in [-0.3, -0.25) is 0 Å². The van der Waals surface area contributed by atoms with Crippen molar-refractivity contribution in [1.29, 1.82) is 5.26 Å². The summed E-state index contributed by atoms with van der Waals surface area (Å²) in [5.74, 6) is 2.93. The first-order valence-electron chi connectivity index (χ1n) is 9.78. The minimum absolute atomic E-state index is 0.371. The highest BCUT2D eigenvalue weighted by atomic mass is 35.5. The van der Waals surface area contributed by atoms with E-state index >= 15 is 0 Å². The smallest absolute Gasteiger partial charge is 0.150 e. The van der Waals surface area contributed by atoms with E-state index in [2.05, 4.69) is 35.1 Å². The van der Waals surface area contributed by atoms with Crippen molar-refractivity contribution in [2.45, 2.75) is 38.6 Å². The molecule has 0 spiro atoms. The van der Waals surface area contributed by atoms with Gasteiger partial charge in [0.2, 0.25) is 0 Å². The summed E-state index contributed by atoms with van der Waals surface area (Å²) in [7, 11) is 0. The summed E-state index contributed by atoms with van der Waals surface area (Å²) in [6.45, 7) is 7.01. The number of anilines is 1. The second-order valence-electron chi connectivity index (χ2n) is 7.80. The van der Waals surface area contributed by atoms with Crippen molar-refractivity contribution in [2.24, 2.45) is 5.92 Å². The molecule has 2 fully saturated rings. The van der Waals surface area contributed by atoms with Crippen molar-refractivity contribution in [2.75, 3.05) is 24.5 Å². The fourth-order valence-corrected chi connectivity index (χ4v) is 3.71. The molecule has 1 saturated carbocycles. The molecule has 3 heterocycles. The van der Waals surface area contributed by atoms with E-state index in [0.29, 0.717) is 40.1 Å². The van der Waals surface area contributed by atoms with Crippen LogP contribution < -0.4 is 15.0 Å². The molecular weight excluding hydrogens is 374 g/mol. The SMILES string of the molecule is CC(C)[C@@H]1CN(c2nc(C3CC3)c(Oc3ccnc(Cl)c3)cc2C#N)CCN1. The van der Waals surface area contributed by atoms with Crippen molar-refractivity contribution in [3.63, 3.8) is 0 Å². The van der Waals surface area contributed by atoms with Gasteiger partial charge in [0.05, 0.1) is 11.3 Å².